The molecule has 1 aliphatic rings. The molecule has 3 N–H and O–H groups in total. The second kappa shape index (κ2) is 19.0. The maximum Gasteiger partial charge on any atom is 0.408 e. The summed E-state index contributed by atoms with van der Waals surface area (Å²) >= 11 is 0. The van der Waals surface area contributed by atoms with E-state index in [1.807, 2.05) is 42.2 Å². The number of imidazole rings is 1. The number of ether oxygens (including phenoxy) is 1. The summed E-state index contributed by atoms with van der Waals surface area (Å²) in [5.41, 5.74) is 0.0382. The van der Waals surface area contributed by atoms with Crippen molar-refractivity contribution < 1.29 is 33.4 Å². The molecular weight excluding hydrogens is 677 g/mol. The maximum absolute atomic E-state index is 14.3. The fraction of sp³-hybridized carbons (Fsp3) is 0.537. The van der Waals surface area contributed by atoms with Gasteiger partial charge in [-0.25, -0.2) is 14.2 Å². The number of aliphatic hydroxyl groups excluding tert-OH is 1. The maximum atomic E-state index is 14.3. The molecule has 1 aromatic heterocycles. The Morgan fingerprint density at radius 3 is 2.19 bits per heavy atom. The Balaban J connectivity index is 0.000000832. The predicted molar refractivity (Wildman–Crippen MR) is 202 cm³/mol. The third kappa shape index (κ3) is 12.5. The van der Waals surface area contributed by atoms with Crippen LogP contribution in [-0.4, -0.2) is 73.5 Å². The highest BCUT2D eigenvalue weighted by Crippen LogP contribution is 2.29. The van der Waals surface area contributed by atoms with Gasteiger partial charge in [-0.05, 0) is 83.1 Å². The molecule has 290 valence electrons. The van der Waals surface area contributed by atoms with Crippen LogP contribution in [0.15, 0.2) is 67.1 Å². The molecule has 2 heterocycles. The zero-order valence-electron chi connectivity index (χ0n) is 32.7. The van der Waals surface area contributed by atoms with Gasteiger partial charge in [0, 0.05) is 31.1 Å². The van der Waals surface area contributed by atoms with Crippen LogP contribution in [0.2, 0.25) is 0 Å². The number of piperidine rings is 1. The van der Waals surface area contributed by atoms with Crippen molar-refractivity contribution in [3.05, 3.63) is 89.8 Å². The molecule has 2 aromatic carbocycles. The van der Waals surface area contributed by atoms with Crippen molar-refractivity contribution in [3.63, 3.8) is 0 Å². The van der Waals surface area contributed by atoms with E-state index in [1.54, 1.807) is 77.7 Å². The lowest BCUT2D eigenvalue weighted by molar-refractivity contribution is -0.135. The van der Waals surface area contributed by atoms with Gasteiger partial charge in [0.25, 0.3) is 0 Å². The minimum atomic E-state index is -1.32. The number of ketones is 1. The number of hydrogen-bond donors (Lipinski definition) is 3. The van der Waals surface area contributed by atoms with Crippen molar-refractivity contribution in [1.82, 2.24) is 25.1 Å². The summed E-state index contributed by atoms with van der Waals surface area (Å²) in [5, 5.41) is 13.9. The molecule has 0 aliphatic carbocycles. The number of carbonyl (C=O) groups is 4. The Bertz CT molecular complexity index is 1660. The van der Waals surface area contributed by atoms with Crippen LogP contribution in [0.25, 0.3) is 0 Å². The highest BCUT2D eigenvalue weighted by atomic mass is 19.1. The molecule has 0 bridgehead atoms. The summed E-state index contributed by atoms with van der Waals surface area (Å²) in [7, 11) is 0. The van der Waals surface area contributed by atoms with Crippen molar-refractivity contribution in [2.24, 2.45) is 11.8 Å². The van der Waals surface area contributed by atoms with Crippen LogP contribution in [0.3, 0.4) is 0 Å². The molecule has 12 heteroatoms. The van der Waals surface area contributed by atoms with Crippen LogP contribution in [0.4, 0.5) is 9.18 Å². The van der Waals surface area contributed by atoms with Crippen molar-refractivity contribution in [2.75, 3.05) is 13.1 Å². The summed E-state index contributed by atoms with van der Waals surface area (Å²) in [6, 6.07) is 14.0. The topological polar surface area (TPSA) is 143 Å². The second-order valence-electron chi connectivity index (χ2n) is 15.5. The van der Waals surface area contributed by atoms with Crippen molar-refractivity contribution in [3.8, 4) is 0 Å². The molecule has 0 radical (unpaired) electrons. The van der Waals surface area contributed by atoms with Gasteiger partial charge < -0.3 is 29.9 Å². The van der Waals surface area contributed by atoms with E-state index in [0.717, 1.165) is 18.4 Å². The van der Waals surface area contributed by atoms with Crippen molar-refractivity contribution in [2.45, 2.75) is 117 Å². The van der Waals surface area contributed by atoms with E-state index in [1.165, 1.54) is 12.1 Å². The van der Waals surface area contributed by atoms with Crippen molar-refractivity contribution >= 4 is 23.7 Å². The molecule has 11 nitrogen and oxygen atoms in total. The number of Topliss-reactive ketones (excluding diaryl/α,β-unsaturated/α-hetero) is 1. The third-order valence-corrected chi connectivity index (χ3v) is 9.54. The Morgan fingerprint density at radius 1 is 1.00 bits per heavy atom. The number of hydrogen-bond acceptors (Lipinski definition) is 7. The zero-order valence-corrected chi connectivity index (χ0v) is 32.7. The number of carbonyl (C=O) groups excluding carboxylic acids is 4. The average molecular weight is 736 g/mol. The Kier molecular flexibility index (Phi) is 15.3. The molecule has 3 amide bonds. The lowest BCUT2D eigenvalue weighted by Gasteiger charge is -2.33. The van der Waals surface area contributed by atoms with Gasteiger partial charge in [0.15, 0.2) is 5.78 Å². The van der Waals surface area contributed by atoms with Gasteiger partial charge in [-0.2, -0.15) is 0 Å². The smallest absolute Gasteiger partial charge is 0.408 e. The Morgan fingerprint density at radius 2 is 1.64 bits per heavy atom. The van der Waals surface area contributed by atoms with Gasteiger partial charge in [0.1, 0.15) is 23.0 Å². The lowest BCUT2D eigenvalue weighted by atomic mass is 9.85. The molecule has 1 aliphatic heterocycles. The van der Waals surface area contributed by atoms with E-state index in [4.69, 9.17) is 9.84 Å². The minimum absolute atomic E-state index is 0.121. The monoisotopic (exact) mass is 735 g/mol. The highest BCUT2D eigenvalue weighted by molar-refractivity contribution is 5.95. The zero-order chi connectivity index (χ0) is 39.5. The van der Waals surface area contributed by atoms with Gasteiger partial charge in [-0.1, -0.05) is 70.2 Å². The summed E-state index contributed by atoms with van der Waals surface area (Å²) in [4.78, 5) is 59.3. The molecule has 4 atom stereocenters. The van der Waals surface area contributed by atoms with Crippen LogP contribution in [0.1, 0.15) is 110 Å². The second-order valence-corrected chi connectivity index (χ2v) is 15.5. The Labute approximate surface area is 313 Å². The van der Waals surface area contributed by atoms with Crippen LogP contribution in [-0.2, 0) is 25.7 Å². The predicted octanol–water partition coefficient (Wildman–Crippen LogP) is 6.56. The molecule has 1 saturated heterocycles. The van der Waals surface area contributed by atoms with Crippen LogP contribution in [0.5, 0.6) is 0 Å². The van der Waals surface area contributed by atoms with E-state index in [-0.39, 0.29) is 24.2 Å². The first-order chi connectivity index (χ1) is 24.9. The van der Waals surface area contributed by atoms with Gasteiger partial charge in [-0.15, -0.1) is 0 Å². The number of likely N-dealkylation sites (tertiary alicyclic amines) is 1. The largest absolute Gasteiger partial charge is 0.444 e. The number of halogens is 1. The van der Waals surface area contributed by atoms with Crippen molar-refractivity contribution in [1.29, 1.82) is 0 Å². The standard InChI is InChI=1S/C34H50FN5O5.C7H8O/c1-10-26(37-31(43)34(8,9)38-32(44)45-33(5,6)7)29(41)23(4)22(3)27-19-40(20-36-27)28(24-12-11-13-25(35)18-24)30(42)39-16-14-21(2)15-17-39;8-6-7-4-2-1-3-5-7/h11-13,18-23,26,28H,10,14-17H2,1-9H3,(H,37,43)(H,38,44);1-5,8H,6H2/t22?,23?,26-,28?;/m1./s1. The van der Waals surface area contributed by atoms with E-state index >= 15 is 0 Å². The molecular formula is C41H58FN5O6. The molecule has 0 saturated carbocycles. The number of nitrogens with one attached hydrogen (secondary N) is 2. The molecule has 0 spiro atoms. The molecule has 53 heavy (non-hydrogen) atoms. The number of aromatic nitrogens is 2. The summed E-state index contributed by atoms with van der Waals surface area (Å²) in [6.45, 7) is 17.3. The quantitative estimate of drug-likeness (QED) is 0.191. The average Bonchev–Trinajstić information content (AvgIpc) is 3.59. The first kappa shape index (κ1) is 42.8. The fourth-order valence-electron chi connectivity index (χ4n) is 5.98. The molecule has 4 rings (SSSR count). The normalized spacial score (nSPS) is 15.9. The molecule has 3 aromatic rings. The number of amides is 3. The van der Waals surface area contributed by atoms with Gasteiger partial charge >= 0.3 is 6.09 Å². The number of benzene rings is 2. The fourth-order valence-corrected chi connectivity index (χ4v) is 5.98. The van der Waals surface area contributed by atoms with Gasteiger partial charge in [0.2, 0.25) is 11.8 Å². The van der Waals surface area contributed by atoms with Gasteiger partial charge in [0.05, 0.1) is 24.7 Å². The van der Waals surface area contributed by atoms with E-state index in [0.29, 0.717) is 36.7 Å². The van der Waals surface area contributed by atoms with Crippen LogP contribution < -0.4 is 10.6 Å². The summed E-state index contributed by atoms with van der Waals surface area (Å²) < 4.78 is 21.3. The summed E-state index contributed by atoms with van der Waals surface area (Å²) in [5.74, 6) is -1.58. The number of alkyl carbamates (subject to hydrolysis) is 1. The van der Waals surface area contributed by atoms with E-state index in [2.05, 4.69) is 22.5 Å². The SMILES string of the molecule is CC[C@@H](NC(=O)C(C)(C)NC(=O)OC(C)(C)C)C(=O)C(C)C(C)c1cn(C(C(=O)N2CCC(C)CC2)c2cccc(F)c2)cn1.OCc1ccccc1. The molecule has 3 unspecified atom stereocenters. The lowest BCUT2D eigenvalue weighted by Crippen LogP contribution is -2.58. The number of rotatable bonds is 12. The first-order valence-corrected chi connectivity index (χ1v) is 18.4. The third-order valence-electron chi connectivity index (χ3n) is 9.54. The molecule has 1 fully saturated rings. The highest BCUT2D eigenvalue weighted by Gasteiger charge is 2.37. The van der Waals surface area contributed by atoms with E-state index < -0.39 is 47.0 Å². The first-order valence-electron chi connectivity index (χ1n) is 18.4. The van der Waals surface area contributed by atoms with Gasteiger partial charge in [-0.3, -0.25) is 14.4 Å². The number of nitrogens with zero attached hydrogens (tertiary/aromatic N) is 3. The van der Waals surface area contributed by atoms with Crippen LogP contribution in [0, 0.1) is 17.7 Å². The summed E-state index contributed by atoms with van der Waals surface area (Å²) in [6.07, 6.45) is 4.76. The van der Waals surface area contributed by atoms with E-state index in [9.17, 15) is 23.6 Å². The minimum Gasteiger partial charge on any atom is -0.444 e. The number of aliphatic hydroxyl groups is 1. The Hall–Kier alpha value is -4.58. The van der Waals surface area contributed by atoms with Crippen LogP contribution >= 0.6 is 0 Å².